The summed E-state index contributed by atoms with van der Waals surface area (Å²) in [4.78, 5) is 93.6. The van der Waals surface area contributed by atoms with Crippen LogP contribution in [0.3, 0.4) is 0 Å². The summed E-state index contributed by atoms with van der Waals surface area (Å²) in [6, 6.07) is 37.1. The quantitative estimate of drug-likeness (QED) is 0.0113. The van der Waals surface area contributed by atoms with Crippen LogP contribution < -0.4 is 62.3 Å². The lowest BCUT2D eigenvalue weighted by Crippen LogP contribution is -2.48. The van der Waals surface area contributed by atoms with Gasteiger partial charge in [-0.15, -0.1) is 0 Å². The predicted octanol–water partition coefficient (Wildman–Crippen LogP) is 5.45. The van der Waals surface area contributed by atoms with Gasteiger partial charge in [0.2, 0.25) is 23.1 Å². The minimum atomic E-state index is -5.08. The highest BCUT2D eigenvalue weighted by atomic mass is 19.4. The lowest BCUT2D eigenvalue weighted by atomic mass is 9.89. The molecule has 1 aliphatic heterocycles. The van der Waals surface area contributed by atoms with Gasteiger partial charge in [0.05, 0.1) is 24.6 Å². The molecule has 470 valence electrons. The molecule has 25 heteroatoms. The second kappa shape index (κ2) is 32.3. The number of nitrogens with one attached hydrogen (secondary N) is 6. The molecule has 1 heterocycles. The number of carboxylic acids is 2. The van der Waals surface area contributed by atoms with Crippen LogP contribution in [-0.2, 0) is 25.7 Å². The van der Waals surface area contributed by atoms with Crippen molar-refractivity contribution in [2.75, 3.05) is 65.9 Å². The molecule has 0 bridgehead atoms. The van der Waals surface area contributed by atoms with Crippen molar-refractivity contribution in [2.45, 2.75) is 63.7 Å². The molecule has 10 N–H and O–H groups in total. The van der Waals surface area contributed by atoms with Gasteiger partial charge in [-0.1, -0.05) is 67.6 Å². The Balaban J connectivity index is 0.00000170. The van der Waals surface area contributed by atoms with Crippen LogP contribution in [0.2, 0.25) is 0 Å². The highest BCUT2D eigenvalue weighted by molar-refractivity contribution is 6.09. The van der Waals surface area contributed by atoms with Gasteiger partial charge < -0.3 is 66.5 Å². The third kappa shape index (κ3) is 20.1. The third-order valence-electron chi connectivity index (χ3n) is 13.7. The molecule has 0 unspecified atom stereocenters. The van der Waals surface area contributed by atoms with E-state index in [4.69, 9.17) is 24.8 Å². The molecule has 0 fully saturated rings. The van der Waals surface area contributed by atoms with Crippen LogP contribution >= 0.6 is 0 Å². The number of nitrogens with two attached hydrogens (primary N) is 1. The van der Waals surface area contributed by atoms with E-state index >= 15 is 0 Å². The Bertz CT molecular complexity index is 3700. The number of aromatic hydroxyl groups is 1. The molecule has 2 aliphatic rings. The van der Waals surface area contributed by atoms with Crippen LogP contribution in [0.4, 0.5) is 23.7 Å². The number of benzene rings is 6. The second-order valence-electron chi connectivity index (χ2n) is 20.6. The molecule has 5 aromatic rings. The Labute approximate surface area is 511 Å². The van der Waals surface area contributed by atoms with Crippen LogP contribution in [0.5, 0.6) is 11.5 Å². The molecule has 0 saturated carbocycles. The lowest BCUT2D eigenvalue weighted by Gasteiger charge is -2.23. The fourth-order valence-corrected chi connectivity index (χ4v) is 9.08. The summed E-state index contributed by atoms with van der Waals surface area (Å²) in [5.41, 5.74) is 11.2. The van der Waals surface area contributed by atoms with Crippen LogP contribution in [0.1, 0.15) is 82.4 Å². The number of carbonyl (C=O) groups is 7. The standard InChI is InChI=1S/C62H70N10O10.C2HF3O2/c1-6-54(74)64-31-32-67-62(80)70-61(63)66-30-13-18-51(58(76)68-38-39-19-24-45(73)25-20-39)69-59(77)55(40-14-8-7-9-15-40)41-16-12-17-46(34-41)81-33-11-10-29-65-57(75)42-21-26-47(50(35-42)60(78)79)56-48-27-22-43(71(2)3)36-52(48)82-53-37-44(72(4)5)23-28-49(53)56;3-2(4,5)1(6)7/h7-9,12,14-17,19-28,34-37,51,55H,6,10-11,13,18,29-33,38H2,1-5H3,(H9-,63,64,65,66,67,68,69,70,73,74,75,76,77,78,79,80);(H,6,7)/t51-,55+;/m1./s1. The molecular formula is C64H71F3N10O12. The van der Waals surface area contributed by atoms with Gasteiger partial charge in [0.25, 0.3) is 5.91 Å². The number of hydrogen-bond acceptors (Lipinski definition) is 13. The largest absolute Gasteiger partial charge is 0.545 e. The Morgan fingerprint density at radius 1 is 0.764 bits per heavy atom. The van der Waals surface area contributed by atoms with E-state index in [0.717, 1.165) is 16.6 Å². The molecule has 2 atom stereocenters. The van der Waals surface area contributed by atoms with Gasteiger partial charge in [0, 0.05) is 98.7 Å². The number of unbranched alkanes of at least 4 members (excludes halogenated alkanes) is 1. The van der Waals surface area contributed by atoms with E-state index in [1.54, 1.807) is 49.4 Å². The number of fused-ring (bicyclic) bond motifs is 2. The normalized spacial score (nSPS) is 11.9. The van der Waals surface area contributed by atoms with Crippen molar-refractivity contribution < 1.29 is 71.2 Å². The molecule has 0 spiro atoms. The zero-order valence-electron chi connectivity index (χ0n) is 49.7. The number of anilines is 1. The van der Waals surface area contributed by atoms with Crippen molar-refractivity contribution in [2.24, 2.45) is 10.7 Å². The average Bonchev–Trinajstić information content (AvgIpc) is 1.53. The van der Waals surface area contributed by atoms with Gasteiger partial charge >= 0.3 is 18.2 Å². The first-order chi connectivity index (χ1) is 42.4. The van der Waals surface area contributed by atoms with E-state index in [-0.39, 0.29) is 74.5 Å². The number of urea groups is 1. The summed E-state index contributed by atoms with van der Waals surface area (Å²) >= 11 is 0. The minimum absolute atomic E-state index is 0.0791. The van der Waals surface area contributed by atoms with Gasteiger partial charge in [0.1, 0.15) is 43.0 Å². The maximum Gasteiger partial charge on any atom is 0.490 e. The van der Waals surface area contributed by atoms with E-state index in [1.165, 1.54) is 18.2 Å². The Morgan fingerprint density at radius 3 is 2.13 bits per heavy atom. The van der Waals surface area contributed by atoms with Crippen molar-refractivity contribution in [3.8, 4) is 33.9 Å². The second-order valence-corrected chi connectivity index (χ2v) is 20.6. The number of halogens is 3. The zero-order chi connectivity index (χ0) is 64.8. The van der Waals surface area contributed by atoms with Crippen molar-refractivity contribution in [1.29, 1.82) is 0 Å². The maximum atomic E-state index is 14.5. The van der Waals surface area contributed by atoms with Crippen molar-refractivity contribution in [3.63, 3.8) is 0 Å². The first kappa shape index (κ1) is 67.7. The van der Waals surface area contributed by atoms with Gasteiger partial charge in [-0.05, 0) is 103 Å². The topological polar surface area (TPSA) is 322 Å². The molecular weight excluding hydrogens is 1160 g/mol. The van der Waals surface area contributed by atoms with E-state index in [2.05, 4.69) is 36.9 Å². The highest BCUT2D eigenvalue weighted by Gasteiger charge is 2.38. The van der Waals surface area contributed by atoms with E-state index in [0.29, 0.717) is 76.0 Å². The molecule has 89 heavy (non-hydrogen) atoms. The van der Waals surface area contributed by atoms with Gasteiger partial charge in [-0.3, -0.25) is 29.5 Å². The number of amides is 6. The first-order valence-corrected chi connectivity index (χ1v) is 28.3. The number of carboxylic acid groups (broad SMARTS) is 2. The summed E-state index contributed by atoms with van der Waals surface area (Å²) in [6.07, 6.45) is -3.24. The number of aliphatic carboxylic acids is 1. The number of carbonyl (C=O) groups excluding carboxylic acids is 6. The summed E-state index contributed by atoms with van der Waals surface area (Å²) < 4.78 is 46.3. The molecule has 0 radical (unpaired) electrons. The summed E-state index contributed by atoms with van der Waals surface area (Å²) in [5.74, 6) is -5.55. The number of phenols is 1. The fraction of sp³-hybridized carbons (Fsp3) is 0.297. The number of aliphatic imine (C=N–C) groups is 1. The lowest BCUT2D eigenvalue weighted by molar-refractivity contribution is -0.255. The van der Waals surface area contributed by atoms with Crippen molar-refractivity contribution >= 4 is 64.2 Å². The van der Waals surface area contributed by atoms with Crippen molar-refractivity contribution in [1.82, 2.24) is 36.5 Å². The maximum absolute atomic E-state index is 14.5. The molecule has 1 aliphatic carbocycles. The molecule has 6 amide bonds. The smallest absolute Gasteiger partial charge is 0.490 e. The molecule has 7 rings (SSSR count). The summed E-state index contributed by atoms with van der Waals surface area (Å²) in [6.45, 7) is 2.94. The third-order valence-corrected chi connectivity index (χ3v) is 13.7. The van der Waals surface area contributed by atoms with Crippen LogP contribution in [0, 0.1) is 0 Å². The number of rotatable bonds is 25. The van der Waals surface area contributed by atoms with E-state index in [9.17, 15) is 52.2 Å². The summed E-state index contributed by atoms with van der Waals surface area (Å²) in [5, 5.41) is 47.8. The predicted molar refractivity (Wildman–Crippen MR) is 327 cm³/mol. The Hall–Kier alpha value is -10.5. The molecule has 0 saturated heterocycles. The van der Waals surface area contributed by atoms with Gasteiger partial charge in [-0.25, -0.2) is 14.2 Å². The van der Waals surface area contributed by atoms with Gasteiger partial charge in [-0.2, -0.15) is 13.2 Å². The van der Waals surface area contributed by atoms with Crippen LogP contribution in [-0.4, -0.2) is 131 Å². The highest BCUT2D eigenvalue weighted by Crippen LogP contribution is 2.42. The number of nitrogens with zero attached hydrogens (tertiary/aromatic N) is 3. The van der Waals surface area contributed by atoms with Crippen LogP contribution in [0.15, 0.2) is 143 Å². The molecule has 0 aromatic heterocycles. The van der Waals surface area contributed by atoms with E-state index in [1.807, 2.05) is 110 Å². The molecule has 5 aromatic carbocycles. The van der Waals surface area contributed by atoms with Gasteiger partial charge in [0.15, 0.2) is 5.96 Å². The average molecular weight is 1230 g/mol. The zero-order valence-corrected chi connectivity index (χ0v) is 49.7. The monoisotopic (exact) mass is 1230 g/mol. The molecule has 22 nitrogen and oxygen atoms in total. The van der Waals surface area contributed by atoms with E-state index < -0.39 is 53.8 Å². The Kier molecular flexibility index (Phi) is 24.6. The Morgan fingerprint density at radius 2 is 1.46 bits per heavy atom. The number of alkyl halides is 3. The summed E-state index contributed by atoms with van der Waals surface area (Å²) in [7, 11) is 7.70. The van der Waals surface area contributed by atoms with Crippen LogP contribution in [0.25, 0.3) is 33.4 Å². The first-order valence-electron chi connectivity index (χ1n) is 28.3. The number of phenolic OH excluding ortho intramolecular Hbond substituents is 1. The number of aromatic carboxylic acids is 1. The SMILES string of the molecule is CCC(=O)NCCNC(=O)NC(N)=NCCC[C@@H](NC(=O)[C@@H](c1ccccc1)c1cccc(OCCCCNC(=O)c2ccc(-c3c4ccc(=[N+](C)C)cc-4oc4cc(N(C)C)ccc34)c(C(=O)[O-])c2)c1)C(=O)NCc1ccc(O)cc1.O=C(O)C(F)(F)F. The minimum Gasteiger partial charge on any atom is -0.545 e. The van der Waals surface area contributed by atoms with Crippen molar-refractivity contribution in [3.05, 3.63) is 167 Å². The number of guanidine groups is 1. The number of ether oxygens (including phenoxy) is 1. The number of hydrogen-bond donors (Lipinski definition) is 9. The fourth-order valence-electron chi connectivity index (χ4n) is 9.08.